The first-order valence-electron chi connectivity index (χ1n) is 38.0. The Bertz CT molecular complexity index is 1950. The number of nitrogens with zero attached hydrogens (tertiary/aromatic N) is 1. The largest absolute Gasteiger partial charge is 0.756 e. The van der Waals surface area contributed by atoms with Gasteiger partial charge >= 0.3 is 0 Å². The van der Waals surface area contributed by atoms with Crippen LogP contribution in [0, 0.1) is 0 Å². The number of allylic oxidation sites excluding steroid dienone is 21. The second-order valence-electron chi connectivity index (χ2n) is 26.6. The summed E-state index contributed by atoms with van der Waals surface area (Å²) >= 11 is 0. The number of quaternary nitrogens is 1. The van der Waals surface area contributed by atoms with Crippen molar-refractivity contribution in [3.05, 3.63) is 134 Å². The molecular weight excluding hydrogens is 1140 g/mol. The molecule has 0 aromatic rings. The fourth-order valence-electron chi connectivity index (χ4n) is 10.7. The third-order valence-corrected chi connectivity index (χ3v) is 17.5. The molecule has 0 aliphatic heterocycles. The second-order valence-corrected chi connectivity index (χ2v) is 28.0. The monoisotopic (exact) mass is 1290 g/mol. The Labute approximate surface area is 564 Å². The van der Waals surface area contributed by atoms with Crippen LogP contribution in [0.5, 0.6) is 0 Å². The number of hydrogen-bond acceptors (Lipinski definition) is 6. The van der Waals surface area contributed by atoms with Crippen molar-refractivity contribution in [1.82, 2.24) is 5.32 Å². The Morgan fingerprint density at radius 1 is 0.396 bits per heavy atom. The number of carbonyl (C=O) groups excluding carboxylic acids is 1. The number of unbranched alkanes of at least 4 members (excludes halogenated alkanes) is 36. The molecule has 0 saturated heterocycles. The van der Waals surface area contributed by atoms with Crippen LogP contribution in [-0.2, 0) is 18.4 Å². The molecule has 91 heavy (non-hydrogen) atoms. The van der Waals surface area contributed by atoms with Crippen LogP contribution in [0.15, 0.2) is 134 Å². The van der Waals surface area contributed by atoms with E-state index in [-0.39, 0.29) is 12.5 Å². The van der Waals surface area contributed by atoms with Crippen molar-refractivity contribution in [2.45, 2.75) is 341 Å². The smallest absolute Gasteiger partial charge is 0.268 e. The number of amides is 1. The summed E-state index contributed by atoms with van der Waals surface area (Å²) in [6.45, 7) is 4.53. The van der Waals surface area contributed by atoms with E-state index in [1.54, 1.807) is 6.08 Å². The van der Waals surface area contributed by atoms with Gasteiger partial charge in [0.15, 0.2) is 0 Å². The van der Waals surface area contributed by atoms with E-state index >= 15 is 0 Å². The van der Waals surface area contributed by atoms with Gasteiger partial charge in [0.1, 0.15) is 13.2 Å². The lowest BCUT2D eigenvalue weighted by Gasteiger charge is -2.29. The van der Waals surface area contributed by atoms with Crippen LogP contribution in [0.3, 0.4) is 0 Å². The SMILES string of the molecule is CC/C=C\C/C=C\C/C=C\C/C=C\C/C=C\C/C=C\C/C=C\C/C=C\CCCCCCCCCCCCCCCCCCC(=O)NC(COP(=O)([O-])OCC[N+](C)(C)C)C(O)/C=C/CC/C=C/CC/C=C/CCCCCCCCCCCCCCCCCCCC. The molecular formula is C82H145N2O6P. The summed E-state index contributed by atoms with van der Waals surface area (Å²) in [6.07, 6.45) is 107. The summed E-state index contributed by atoms with van der Waals surface area (Å²) in [5.74, 6) is -0.212. The van der Waals surface area contributed by atoms with Crippen LogP contribution in [0.25, 0.3) is 0 Å². The van der Waals surface area contributed by atoms with Gasteiger partial charge in [-0.3, -0.25) is 9.36 Å². The van der Waals surface area contributed by atoms with E-state index in [0.717, 1.165) is 96.3 Å². The first-order chi connectivity index (χ1) is 44.5. The summed E-state index contributed by atoms with van der Waals surface area (Å²) in [5, 5.41) is 14.0. The number of aliphatic hydroxyl groups excluding tert-OH is 1. The number of aliphatic hydroxyl groups is 1. The van der Waals surface area contributed by atoms with Crippen molar-refractivity contribution < 1.29 is 32.9 Å². The van der Waals surface area contributed by atoms with E-state index in [1.807, 2.05) is 27.2 Å². The van der Waals surface area contributed by atoms with E-state index in [4.69, 9.17) is 9.05 Å². The first-order valence-corrected chi connectivity index (χ1v) is 39.5. The van der Waals surface area contributed by atoms with Crippen molar-refractivity contribution in [3.8, 4) is 0 Å². The normalized spacial score (nSPS) is 14.3. The van der Waals surface area contributed by atoms with E-state index in [1.165, 1.54) is 212 Å². The highest BCUT2D eigenvalue weighted by Gasteiger charge is 2.23. The number of rotatable bonds is 69. The molecule has 0 saturated carbocycles. The van der Waals surface area contributed by atoms with Gasteiger partial charge in [-0.2, -0.15) is 0 Å². The maximum atomic E-state index is 13.1. The molecule has 3 atom stereocenters. The van der Waals surface area contributed by atoms with Gasteiger partial charge in [0.2, 0.25) is 5.91 Å². The lowest BCUT2D eigenvalue weighted by molar-refractivity contribution is -0.870. The van der Waals surface area contributed by atoms with Crippen LogP contribution in [0.2, 0.25) is 0 Å². The summed E-state index contributed by atoms with van der Waals surface area (Å²) < 4.78 is 23.5. The Morgan fingerprint density at radius 3 is 1.02 bits per heavy atom. The van der Waals surface area contributed by atoms with Crippen LogP contribution >= 0.6 is 7.82 Å². The third-order valence-electron chi connectivity index (χ3n) is 16.6. The predicted octanol–water partition coefficient (Wildman–Crippen LogP) is 24.3. The molecule has 0 bridgehead atoms. The quantitative estimate of drug-likeness (QED) is 0.0272. The molecule has 524 valence electrons. The zero-order valence-corrected chi connectivity index (χ0v) is 60.9. The van der Waals surface area contributed by atoms with Crippen molar-refractivity contribution in [3.63, 3.8) is 0 Å². The molecule has 1 amide bonds. The molecule has 0 heterocycles. The van der Waals surface area contributed by atoms with Gasteiger partial charge < -0.3 is 28.8 Å². The standard InChI is InChI=1S/C82H145N2O6P/c1-6-8-10-12-14-16-18-20-22-24-26-28-30-32-34-36-37-38-39-40-41-42-43-44-45-46-47-48-50-52-54-56-58-60-62-64-66-68-70-72-74-76-82(86)83-80(79-90-91(87,88)89-78-77-84(3,4)5)81(85)75-73-71-69-67-65-63-61-59-57-55-53-51-49-35-33-31-29-27-25-23-21-19-17-15-13-11-9-7-2/h8,10,14,16,20,22,26,28,32,34,37-38,40-41,43-44,57,59,65,67,73,75,80-81,85H,6-7,9,11-13,15,17-19,21,23-25,27,29-31,33,35-36,39,42,45-56,58,60-64,66,68-72,74,76-79H2,1-5H3,(H-,83,86,87,88)/b10-8-,16-14-,22-20-,28-26-,34-32-,38-37-,41-40-,44-43-,59-57+,67-65+,75-73+. The summed E-state index contributed by atoms with van der Waals surface area (Å²) in [6, 6.07) is -0.919. The molecule has 0 aliphatic carbocycles. The van der Waals surface area contributed by atoms with Gasteiger partial charge in [0.25, 0.3) is 7.82 Å². The molecule has 2 N–H and O–H groups in total. The van der Waals surface area contributed by atoms with Gasteiger partial charge in [-0.15, -0.1) is 0 Å². The maximum absolute atomic E-state index is 13.1. The predicted molar refractivity (Wildman–Crippen MR) is 398 cm³/mol. The highest BCUT2D eigenvalue weighted by molar-refractivity contribution is 7.45. The van der Waals surface area contributed by atoms with Gasteiger partial charge in [-0.05, 0) is 109 Å². The highest BCUT2D eigenvalue weighted by atomic mass is 31.2. The topological polar surface area (TPSA) is 108 Å². The first kappa shape index (κ1) is 87.6. The van der Waals surface area contributed by atoms with Crippen molar-refractivity contribution in [2.24, 2.45) is 0 Å². The van der Waals surface area contributed by atoms with Gasteiger partial charge in [-0.1, -0.05) is 347 Å². The number of nitrogens with one attached hydrogen (secondary N) is 1. The van der Waals surface area contributed by atoms with Gasteiger partial charge in [-0.25, -0.2) is 0 Å². The highest BCUT2D eigenvalue weighted by Crippen LogP contribution is 2.38. The zero-order chi connectivity index (χ0) is 66.2. The Balaban J connectivity index is 4.08. The fourth-order valence-corrected chi connectivity index (χ4v) is 11.5. The number of carbonyl (C=O) groups is 1. The molecule has 0 aromatic carbocycles. The molecule has 3 unspecified atom stereocenters. The molecule has 0 rings (SSSR count). The third kappa shape index (κ3) is 73.9. The molecule has 8 nitrogen and oxygen atoms in total. The molecule has 0 radical (unpaired) electrons. The summed E-state index contributed by atoms with van der Waals surface area (Å²) in [5.41, 5.74) is 0. The Kier molecular flexibility index (Phi) is 68.3. The van der Waals surface area contributed by atoms with Gasteiger partial charge in [0, 0.05) is 6.42 Å². The lowest BCUT2D eigenvalue weighted by Crippen LogP contribution is -2.45. The lowest BCUT2D eigenvalue weighted by atomic mass is 10.0. The van der Waals surface area contributed by atoms with Crippen LogP contribution < -0.4 is 10.2 Å². The molecule has 0 fully saturated rings. The van der Waals surface area contributed by atoms with E-state index in [2.05, 4.69) is 141 Å². The van der Waals surface area contributed by atoms with Crippen molar-refractivity contribution in [2.75, 3.05) is 40.9 Å². The van der Waals surface area contributed by atoms with Crippen molar-refractivity contribution >= 4 is 13.7 Å². The molecule has 9 heteroatoms. The van der Waals surface area contributed by atoms with Gasteiger partial charge in [0.05, 0.1) is 39.9 Å². The second kappa shape index (κ2) is 70.9. The molecule has 0 spiro atoms. The number of phosphoric acid groups is 1. The molecule has 0 aromatic heterocycles. The van der Waals surface area contributed by atoms with E-state index < -0.39 is 26.6 Å². The van der Waals surface area contributed by atoms with Crippen LogP contribution in [-0.4, -0.2) is 68.5 Å². The number of hydrogen-bond donors (Lipinski definition) is 2. The fraction of sp³-hybridized carbons (Fsp3) is 0.720. The zero-order valence-electron chi connectivity index (χ0n) is 60.0. The summed E-state index contributed by atoms with van der Waals surface area (Å²) in [4.78, 5) is 25.7. The minimum Gasteiger partial charge on any atom is -0.756 e. The Morgan fingerprint density at radius 2 is 0.681 bits per heavy atom. The van der Waals surface area contributed by atoms with Crippen LogP contribution in [0.1, 0.15) is 328 Å². The van der Waals surface area contributed by atoms with Crippen molar-refractivity contribution in [1.29, 1.82) is 0 Å². The summed E-state index contributed by atoms with van der Waals surface area (Å²) in [7, 11) is 1.23. The molecule has 0 aliphatic rings. The maximum Gasteiger partial charge on any atom is 0.268 e. The average Bonchev–Trinajstić information content (AvgIpc) is 3.59. The van der Waals surface area contributed by atoms with E-state index in [0.29, 0.717) is 17.4 Å². The number of phosphoric ester groups is 1. The van der Waals surface area contributed by atoms with Crippen LogP contribution in [0.4, 0.5) is 0 Å². The average molecular weight is 1290 g/mol. The minimum atomic E-state index is -4.62. The number of likely N-dealkylation sites (N-methyl/N-ethyl adjacent to an activating group) is 1. The Hall–Kier alpha value is -3.36. The van der Waals surface area contributed by atoms with E-state index in [9.17, 15) is 19.4 Å². The minimum absolute atomic E-state index is 0.0131.